The van der Waals surface area contributed by atoms with Crippen LogP contribution in [0.15, 0.2) is 0 Å². The highest BCUT2D eigenvalue weighted by atomic mass is 31.1. The highest BCUT2D eigenvalue weighted by molar-refractivity contribution is 7.24. The van der Waals surface area contributed by atoms with Gasteiger partial charge in [-0.2, -0.15) is 0 Å². The second kappa shape index (κ2) is 5.82. The van der Waals surface area contributed by atoms with Gasteiger partial charge in [0.25, 0.3) is 0 Å². The fourth-order valence-corrected chi connectivity index (χ4v) is 1.04. The minimum Gasteiger partial charge on any atom is -0.309 e. The highest BCUT2D eigenvalue weighted by Crippen LogP contribution is 2.11. The van der Waals surface area contributed by atoms with Crippen molar-refractivity contribution in [1.29, 1.82) is 0 Å². The molecule has 0 saturated heterocycles. The van der Waals surface area contributed by atoms with Gasteiger partial charge in [-0.05, 0) is 33.5 Å². The number of hydrogen-bond donors (Lipinski definition) is 0. The maximum atomic E-state index is 10.3. The van der Waals surface area contributed by atoms with E-state index in [1.54, 1.807) is 0 Å². The lowest BCUT2D eigenvalue weighted by Gasteiger charge is -2.08. The van der Waals surface area contributed by atoms with E-state index in [0.29, 0.717) is 5.66 Å². The van der Waals surface area contributed by atoms with Crippen LogP contribution in [0, 0.1) is 0 Å². The van der Waals surface area contributed by atoms with Crippen molar-refractivity contribution in [2.24, 2.45) is 0 Å². The first-order valence-electron chi connectivity index (χ1n) is 3.64. The molecule has 0 rings (SSSR count). The molecular weight excluding hydrogens is 145 g/mol. The zero-order valence-corrected chi connectivity index (χ0v) is 7.90. The van der Waals surface area contributed by atoms with Crippen LogP contribution in [0.3, 0.4) is 0 Å². The molecule has 0 aliphatic carbocycles. The van der Waals surface area contributed by atoms with Crippen LogP contribution in [0.5, 0.6) is 0 Å². The molecule has 0 amide bonds. The van der Waals surface area contributed by atoms with Gasteiger partial charge in [0.15, 0.2) is 8.46 Å². The molecule has 10 heavy (non-hydrogen) atoms. The molecule has 2 nitrogen and oxygen atoms in total. The summed E-state index contributed by atoms with van der Waals surface area (Å²) in [6.45, 7) is 3.10. The van der Waals surface area contributed by atoms with Crippen LogP contribution in [0.25, 0.3) is 0 Å². The van der Waals surface area contributed by atoms with Crippen molar-refractivity contribution < 1.29 is 4.57 Å². The summed E-state index contributed by atoms with van der Waals surface area (Å²) in [5.74, 6) is 0. The summed E-state index contributed by atoms with van der Waals surface area (Å²) < 4.78 is 10.3. The van der Waals surface area contributed by atoms with Crippen LogP contribution >= 0.6 is 8.46 Å². The van der Waals surface area contributed by atoms with E-state index in [-0.39, 0.29) is 8.46 Å². The van der Waals surface area contributed by atoms with Crippen LogP contribution in [-0.2, 0) is 4.57 Å². The molecule has 60 valence electrons. The van der Waals surface area contributed by atoms with E-state index in [2.05, 4.69) is 19.0 Å². The minimum atomic E-state index is 0.287. The van der Waals surface area contributed by atoms with E-state index in [9.17, 15) is 4.57 Å². The first-order chi connectivity index (χ1) is 4.66. The Hall–Kier alpha value is 0.0600. The first-order valence-corrected chi connectivity index (χ1v) is 4.52. The van der Waals surface area contributed by atoms with Crippen LogP contribution in [0.2, 0.25) is 0 Å². The fraction of sp³-hybridized carbons (Fsp3) is 1.00. The van der Waals surface area contributed by atoms with E-state index >= 15 is 0 Å². The monoisotopic (exact) mass is 161 g/mol. The lowest BCUT2D eigenvalue weighted by molar-refractivity contribution is 0.393. The van der Waals surface area contributed by atoms with Gasteiger partial charge in [-0.25, -0.2) is 0 Å². The molecule has 0 radical (unpaired) electrons. The Balaban J connectivity index is 3.11. The van der Waals surface area contributed by atoms with E-state index in [4.69, 9.17) is 0 Å². The summed E-state index contributed by atoms with van der Waals surface area (Å²) in [5.41, 5.74) is 0.333. The van der Waals surface area contributed by atoms with Crippen molar-refractivity contribution in [2.75, 3.05) is 20.6 Å². The molecule has 0 aliphatic rings. The molecule has 1 atom stereocenters. The summed E-state index contributed by atoms with van der Waals surface area (Å²) >= 11 is 0. The third-order valence-electron chi connectivity index (χ3n) is 1.41. The van der Waals surface area contributed by atoms with Crippen molar-refractivity contribution >= 4 is 8.46 Å². The normalized spacial score (nSPS) is 14.4. The average molecular weight is 161 g/mol. The molecule has 0 spiro atoms. The molecule has 1 unspecified atom stereocenters. The zero-order valence-electron chi connectivity index (χ0n) is 7.00. The molecule has 0 aliphatic heterocycles. The van der Waals surface area contributed by atoms with E-state index in [1.807, 2.05) is 6.92 Å². The molecule has 0 saturated carbocycles. The van der Waals surface area contributed by atoms with Gasteiger partial charge in [0.1, 0.15) is 0 Å². The number of nitrogens with zero attached hydrogens (tertiary/aromatic N) is 1. The molecule has 0 bridgehead atoms. The number of rotatable bonds is 5. The topological polar surface area (TPSA) is 20.3 Å². The Bertz CT molecular complexity index is 95.6. The summed E-state index contributed by atoms with van der Waals surface area (Å²) in [4.78, 5) is 2.15. The molecule has 3 heteroatoms. The molecule has 0 aromatic rings. The summed E-state index contributed by atoms with van der Waals surface area (Å²) in [5, 5.41) is 0. The van der Waals surface area contributed by atoms with Gasteiger partial charge in [-0.15, -0.1) is 0 Å². The predicted molar refractivity (Wildman–Crippen MR) is 44.9 cm³/mol. The molecule has 0 N–H and O–H groups in total. The van der Waals surface area contributed by atoms with Crippen molar-refractivity contribution in [2.45, 2.75) is 25.4 Å². The Morgan fingerprint density at radius 1 is 1.50 bits per heavy atom. The van der Waals surface area contributed by atoms with Crippen LogP contribution < -0.4 is 0 Å². The molecular formula is C7H16NOP. The van der Waals surface area contributed by atoms with Gasteiger partial charge in [-0.3, -0.25) is 4.57 Å². The summed E-state index contributed by atoms with van der Waals surface area (Å²) in [7, 11) is 4.40. The third kappa shape index (κ3) is 6.18. The molecule has 0 aromatic carbocycles. The standard InChI is InChI=1S/C7H16NOP/c1-7(10-9)5-4-6-8(2)3/h7H,4-6H2,1-3H3. The second-order valence-electron chi connectivity index (χ2n) is 2.90. The lowest BCUT2D eigenvalue weighted by Crippen LogP contribution is -2.13. The van der Waals surface area contributed by atoms with E-state index in [0.717, 1.165) is 19.4 Å². The predicted octanol–water partition coefficient (Wildman–Crippen LogP) is 2.01. The maximum absolute atomic E-state index is 10.3. The van der Waals surface area contributed by atoms with Crippen molar-refractivity contribution in [1.82, 2.24) is 4.90 Å². The van der Waals surface area contributed by atoms with Crippen molar-refractivity contribution in [3.8, 4) is 0 Å². The van der Waals surface area contributed by atoms with E-state index in [1.165, 1.54) is 0 Å². The fourth-order valence-electron chi connectivity index (χ4n) is 0.756. The van der Waals surface area contributed by atoms with Gasteiger partial charge < -0.3 is 4.90 Å². The Morgan fingerprint density at radius 3 is 2.50 bits per heavy atom. The second-order valence-corrected chi connectivity index (χ2v) is 3.99. The van der Waals surface area contributed by atoms with Crippen molar-refractivity contribution in [3.05, 3.63) is 0 Å². The molecule has 0 heterocycles. The summed E-state index contributed by atoms with van der Waals surface area (Å²) in [6.07, 6.45) is 2.20. The van der Waals surface area contributed by atoms with Crippen LogP contribution in [0.4, 0.5) is 0 Å². The Morgan fingerprint density at radius 2 is 2.10 bits per heavy atom. The first kappa shape index (κ1) is 10.1. The maximum Gasteiger partial charge on any atom is 0.158 e. The minimum absolute atomic E-state index is 0.287. The van der Waals surface area contributed by atoms with E-state index < -0.39 is 0 Å². The van der Waals surface area contributed by atoms with Gasteiger partial charge in [0.2, 0.25) is 0 Å². The largest absolute Gasteiger partial charge is 0.309 e. The average Bonchev–Trinajstić information content (AvgIpc) is 1.87. The zero-order chi connectivity index (χ0) is 7.98. The summed E-state index contributed by atoms with van der Waals surface area (Å²) in [6, 6.07) is 0. The SMILES string of the molecule is CC(CCCN(C)C)P=O. The van der Waals surface area contributed by atoms with Gasteiger partial charge in [-0.1, -0.05) is 6.92 Å². The highest BCUT2D eigenvalue weighted by Gasteiger charge is 1.99. The lowest BCUT2D eigenvalue weighted by atomic mass is 10.2. The molecule has 0 fully saturated rings. The van der Waals surface area contributed by atoms with Crippen LogP contribution in [-0.4, -0.2) is 31.2 Å². The Labute approximate surface area is 64.8 Å². The molecule has 0 aromatic heterocycles. The van der Waals surface area contributed by atoms with Crippen LogP contribution in [0.1, 0.15) is 19.8 Å². The van der Waals surface area contributed by atoms with Gasteiger partial charge in [0, 0.05) is 5.66 Å². The Kier molecular flexibility index (Phi) is 5.85. The number of hydrogen-bond acceptors (Lipinski definition) is 2. The smallest absolute Gasteiger partial charge is 0.158 e. The quantitative estimate of drug-likeness (QED) is 0.575. The van der Waals surface area contributed by atoms with Gasteiger partial charge in [0.05, 0.1) is 0 Å². The van der Waals surface area contributed by atoms with Gasteiger partial charge >= 0.3 is 0 Å². The van der Waals surface area contributed by atoms with Crippen molar-refractivity contribution in [3.63, 3.8) is 0 Å². The third-order valence-corrected chi connectivity index (χ3v) is 2.03.